The Labute approximate surface area is 151 Å². The summed E-state index contributed by atoms with van der Waals surface area (Å²) in [6.45, 7) is 1.75. The number of benzene rings is 2. The lowest BCUT2D eigenvalue weighted by Crippen LogP contribution is -2.38. The first kappa shape index (κ1) is 17.4. The molecule has 2 aromatic carbocycles. The van der Waals surface area contributed by atoms with Crippen LogP contribution < -0.4 is 11.1 Å². The van der Waals surface area contributed by atoms with Crippen LogP contribution in [-0.4, -0.2) is 16.8 Å². The number of carbonyl (C=O) groups is 2. The third-order valence-electron chi connectivity index (χ3n) is 3.96. The lowest BCUT2D eigenvalue weighted by molar-refractivity contribution is -0.127. The van der Waals surface area contributed by atoms with Gasteiger partial charge in [-0.25, -0.2) is 4.98 Å². The zero-order chi connectivity index (χ0) is 18.5. The number of oxazole rings is 1. The summed E-state index contributed by atoms with van der Waals surface area (Å²) in [5.41, 5.74) is 7.43. The van der Waals surface area contributed by atoms with Gasteiger partial charge in [-0.1, -0.05) is 48.5 Å². The molecule has 6 heteroatoms. The lowest BCUT2D eigenvalue weighted by atomic mass is 10.1. The Bertz CT molecular complexity index is 905. The number of hydrogen-bond acceptors (Lipinski definition) is 4. The number of amides is 2. The zero-order valence-electron chi connectivity index (χ0n) is 14.3. The fourth-order valence-electron chi connectivity index (χ4n) is 2.62. The molecule has 1 aromatic heterocycles. The molecule has 0 spiro atoms. The molecule has 1 atom stereocenters. The highest BCUT2D eigenvalue weighted by Gasteiger charge is 2.22. The minimum Gasteiger partial charge on any atom is -0.441 e. The third kappa shape index (κ3) is 3.97. The Balaban J connectivity index is 1.74. The second-order valence-corrected chi connectivity index (χ2v) is 5.88. The molecule has 0 aliphatic heterocycles. The van der Waals surface area contributed by atoms with Crippen LogP contribution >= 0.6 is 0 Å². The second-order valence-electron chi connectivity index (χ2n) is 5.88. The monoisotopic (exact) mass is 349 g/mol. The van der Waals surface area contributed by atoms with Crippen molar-refractivity contribution < 1.29 is 14.0 Å². The minimum absolute atomic E-state index is 0.00121. The summed E-state index contributed by atoms with van der Waals surface area (Å²) in [6, 6.07) is 17.4. The van der Waals surface area contributed by atoms with Gasteiger partial charge in [-0.15, -0.1) is 0 Å². The van der Waals surface area contributed by atoms with Crippen molar-refractivity contribution in [1.82, 2.24) is 10.3 Å². The van der Waals surface area contributed by atoms with E-state index in [0.717, 1.165) is 5.56 Å². The maximum atomic E-state index is 12.4. The largest absolute Gasteiger partial charge is 0.441 e. The van der Waals surface area contributed by atoms with Gasteiger partial charge < -0.3 is 15.5 Å². The summed E-state index contributed by atoms with van der Waals surface area (Å²) in [5.74, 6) is 0.0508. The molecule has 0 saturated carbocycles. The SMILES string of the molecule is Cc1oc(-c2ccccc2)nc1CC(=O)N[C@H](C(N)=O)c1ccccc1. The van der Waals surface area contributed by atoms with E-state index in [-0.39, 0.29) is 12.3 Å². The molecule has 2 amide bonds. The van der Waals surface area contributed by atoms with E-state index in [0.29, 0.717) is 22.9 Å². The van der Waals surface area contributed by atoms with Gasteiger partial charge in [0.25, 0.3) is 0 Å². The number of nitrogens with one attached hydrogen (secondary N) is 1. The lowest BCUT2D eigenvalue weighted by Gasteiger charge is -2.15. The fourth-order valence-corrected chi connectivity index (χ4v) is 2.62. The third-order valence-corrected chi connectivity index (χ3v) is 3.96. The minimum atomic E-state index is -0.885. The number of aryl methyl sites for hydroxylation is 1. The molecule has 0 radical (unpaired) electrons. The number of hydrogen-bond donors (Lipinski definition) is 2. The number of rotatable bonds is 6. The molecule has 0 aliphatic rings. The molecule has 0 fully saturated rings. The zero-order valence-corrected chi connectivity index (χ0v) is 14.3. The first-order chi connectivity index (χ1) is 12.5. The summed E-state index contributed by atoms with van der Waals surface area (Å²) in [5, 5.41) is 2.66. The topological polar surface area (TPSA) is 98.2 Å². The van der Waals surface area contributed by atoms with E-state index in [1.165, 1.54) is 0 Å². The number of nitrogens with two attached hydrogens (primary N) is 1. The Kier molecular flexibility index (Phi) is 5.12. The molecule has 3 N–H and O–H groups in total. The Morgan fingerprint density at radius 3 is 2.31 bits per heavy atom. The number of carbonyl (C=O) groups excluding carboxylic acids is 2. The van der Waals surface area contributed by atoms with E-state index in [2.05, 4.69) is 10.3 Å². The molecule has 1 heterocycles. The molecule has 0 aliphatic carbocycles. The van der Waals surface area contributed by atoms with Crippen molar-refractivity contribution in [1.29, 1.82) is 0 Å². The summed E-state index contributed by atoms with van der Waals surface area (Å²) in [6.07, 6.45) is -0.00121. The molecule has 3 aromatic rings. The van der Waals surface area contributed by atoms with Crippen LogP contribution in [-0.2, 0) is 16.0 Å². The van der Waals surface area contributed by atoms with Crippen molar-refractivity contribution in [3.8, 4) is 11.5 Å². The maximum Gasteiger partial charge on any atom is 0.244 e. The van der Waals surface area contributed by atoms with Crippen LogP contribution in [0.4, 0.5) is 0 Å². The Morgan fingerprint density at radius 2 is 1.69 bits per heavy atom. The Hall–Kier alpha value is -3.41. The average Bonchev–Trinajstić information content (AvgIpc) is 3.01. The smallest absolute Gasteiger partial charge is 0.244 e. The van der Waals surface area contributed by atoms with Crippen LogP contribution in [0.5, 0.6) is 0 Å². The first-order valence-corrected chi connectivity index (χ1v) is 8.20. The molecule has 6 nitrogen and oxygen atoms in total. The van der Waals surface area contributed by atoms with Crippen molar-refractivity contribution >= 4 is 11.8 Å². The average molecular weight is 349 g/mol. The van der Waals surface area contributed by atoms with Crippen LogP contribution in [0.15, 0.2) is 65.1 Å². The molecule has 132 valence electrons. The van der Waals surface area contributed by atoms with E-state index in [4.69, 9.17) is 10.2 Å². The normalized spacial score (nSPS) is 11.7. The summed E-state index contributed by atoms with van der Waals surface area (Å²) >= 11 is 0. The fraction of sp³-hybridized carbons (Fsp3) is 0.150. The highest BCUT2D eigenvalue weighted by molar-refractivity contribution is 5.88. The molecule has 26 heavy (non-hydrogen) atoms. The van der Waals surface area contributed by atoms with Gasteiger partial charge in [-0.05, 0) is 24.6 Å². The predicted molar refractivity (Wildman–Crippen MR) is 96.9 cm³/mol. The van der Waals surface area contributed by atoms with Crippen molar-refractivity contribution in [3.63, 3.8) is 0 Å². The molecular formula is C20H19N3O3. The van der Waals surface area contributed by atoms with Gasteiger partial charge in [-0.2, -0.15) is 0 Å². The summed E-state index contributed by atoms with van der Waals surface area (Å²) < 4.78 is 5.66. The quantitative estimate of drug-likeness (QED) is 0.714. The second kappa shape index (κ2) is 7.65. The van der Waals surface area contributed by atoms with Crippen LogP contribution in [0, 0.1) is 6.92 Å². The molecule has 0 saturated heterocycles. The highest BCUT2D eigenvalue weighted by Crippen LogP contribution is 2.22. The highest BCUT2D eigenvalue weighted by atomic mass is 16.4. The van der Waals surface area contributed by atoms with Crippen molar-refractivity contribution in [2.24, 2.45) is 5.73 Å². The van der Waals surface area contributed by atoms with Gasteiger partial charge in [0.1, 0.15) is 11.8 Å². The van der Waals surface area contributed by atoms with Crippen LogP contribution in [0.3, 0.4) is 0 Å². The van der Waals surface area contributed by atoms with E-state index in [1.54, 1.807) is 31.2 Å². The van der Waals surface area contributed by atoms with E-state index in [9.17, 15) is 9.59 Å². The van der Waals surface area contributed by atoms with Gasteiger partial charge in [0.2, 0.25) is 17.7 Å². The van der Waals surface area contributed by atoms with Gasteiger partial charge in [-0.3, -0.25) is 9.59 Å². The van der Waals surface area contributed by atoms with Crippen LogP contribution in [0.2, 0.25) is 0 Å². The maximum absolute atomic E-state index is 12.4. The first-order valence-electron chi connectivity index (χ1n) is 8.20. The standard InChI is InChI=1S/C20H19N3O3/c1-13-16(22-20(26-13)15-10-6-3-7-11-15)12-17(24)23-18(19(21)25)14-8-4-2-5-9-14/h2-11,18H,12H2,1H3,(H2,21,25)(H,23,24)/t18-/m0/s1. The van der Waals surface area contributed by atoms with E-state index < -0.39 is 11.9 Å². The molecule has 3 rings (SSSR count). The molecule has 0 bridgehead atoms. The number of aromatic nitrogens is 1. The van der Waals surface area contributed by atoms with Crippen molar-refractivity contribution in [3.05, 3.63) is 77.7 Å². The van der Waals surface area contributed by atoms with Gasteiger partial charge >= 0.3 is 0 Å². The molecular weight excluding hydrogens is 330 g/mol. The van der Waals surface area contributed by atoms with E-state index in [1.807, 2.05) is 36.4 Å². The Morgan fingerprint density at radius 1 is 1.08 bits per heavy atom. The number of primary amides is 1. The summed E-state index contributed by atoms with van der Waals surface area (Å²) in [4.78, 5) is 28.5. The molecule has 0 unspecified atom stereocenters. The van der Waals surface area contributed by atoms with Crippen molar-refractivity contribution in [2.75, 3.05) is 0 Å². The van der Waals surface area contributed by atoms with Crippen LogP contribution in [0.1, 0.15) is 23.1 Å². The summed E-state index contributed by atoms with van der Waals surface area (Å²) in [7, 11) is 0. The number of nitrogens with zero attached hydrogens (tertiary/aromatic N) is 1. The predicted octanol–water partition coefficient (Wildman–Crippen LogP) is 2.54. The van der Waals surface area contributed by atoms with Crippen LogP contribution in [0.25, 0.3) is 11.5 Å². The van der Waals surface area contributed by atoms with E-state index >= 15 is 0 Å². The van der Waals surface area contributed by atoms with Gasteiger partial charge in [0, 0.05) is 5.56 Å². The van der Waals surface area contributed by atoms with Gasteiger partial charge in [0.05, 0.1) is 12.1 Å². The van der Waals surface area contributed by atoms with Crippen molar-refractivity contribution in [2.45, 2.75) is 19.4 Å². The van der Waals surface area contributed by atoms with Gasteiger partial charge in [0.15, 0.2) is 0 Å².